The highest BCUT2D eigenvalue weighted by molar-refractivity contribution is 5.96. The predicted molar refractivity (Wildman–Crippen MR) is 116 cm³/mol. The number of fused-ring (bicyclic) bond motifs is 1. The zero-order valence-corrected chi connectivity index (χ0v) is 17.5. The van der Waals surface area contributed by atoms with Crippen LogP contribution in [0.5, 0.6) is 0 Å². The van der Waals surface area contributed by atoms with Gasteiger partial charge in [0.15, 0.2) is 11.6 Å². The summed E-state index contributed by atoms with van der Waals surface area (Å²) in [6.45, 7) is 5.88. The van der Waals surface area contributed by atoms with Crippen molar-refractivity contribution in [1.29, 1.82) is 0 Å². The van der Waals surface area contributed by atoms with E-state index in [1.54, 1.807) is 11.6 Å². The molecule has 0 spiro atoms. The summed E-state index contributed by atoms with van der Waals surface area (Å²) in [5, 5.41) is 5.31. The smallest absolute Gasteiger partial charge is 0.185 e. The third-order valence-corrected chi connectivity index (χ3v) is 5.30. The monoisotopic (exact) mass is 405 g/mol. The van der Waals surface area contributed by atoms with Gasteiger partial charge in [-0.2, -0.15) is 5.10 Å². The molecule has 0 unspecified atom stereocenters. The first-order chi connectivity index (χ1) is 14.5. The molecule has 0 bridgehead atoms. The van der Waals surface area contributed by atoms with Crippen molar-refractivity contribution in [3.05, 3.63) is 48.0 Å². The van der Waals surface area contributed by atoms with Crippen LogP contribution in [0.3, 0.4) is 0 Å². The highest BCUT2D eigenvalue weighted by Gasteiger charge is 2.25. The molecule has 0 amide bonds. The fourth-order valence-corrected chi connectivity index (χ4v) is 3.68. The highest BCUT2D eigenvalue weighted by Crippen LogP contribution is 2.31. The lowest BCUT2D eigenvalue weighted by molar-refractivity contribution is -0.117. The fourth-order valence-electron chi connectivity index (χ4n) is 3.68. The van der Waals surface area contributed by atoms with Gasteiger partial charge in [-0.3, -0.25) is 14.3 Å². The van der Waals surface area contributed by atoms with Gasteiger partial charge in [0.25, 0.3) is 0 Å². The molecule has 1 fully saturated rings. The molecule has 0 aliphatic heterocycles. The number of carbonyl (C=O) groups is 2. The van der Waals surface area contributed by atoms with Gasteiger partial charge in [-0.05, 0) is 49.8 Å². The summed E-state index contributed by atoms with van der Waals surface area (Å²) in [7, 11) is 0. The van der Waals surface area contributed by atoms with Crippen molar-refractivity contribution in [2.75, 3.05) is 18.0 Å². The van der Waals surface area contributed by atoms with E-state index in [0.717, 1.165) is 47.7 Å². The molecule has 2 heterocycles. The van der Waals surface area contributed by atoms with E-state index in [4.69, 9.17) is 0 Å². The van der Waals surface area contributed by atoms with Gasteiger partial charge < -0.3 is 4.90 Å². The van der Waals surface area contributed by atoms with Crippen LogP contribution in [0.1, 0.15) is 49.2 Å². The number of nitrogens with zero attached hydrogens (tertiary/aromatic N) is 5. The maximum atomic E-state index is 12.9. The van der Waals surface area contributed by atoms with Crippen LogP contribution in [0, 0.1) is 5.92 Å². The number of ketones is 2. The molecule has 3 aromatic rings. The summed E-state index contributed by atoms with van der Waals surface area (Å²) in [6, 6.07) is 7.57. The van der Waals surface area contributed by atoms with Crippen molar-refractivity contribution in [3.8, 4) is 0 Å². The minimum atomic E-state index is -0.0306. The van der Waals surface area contributed by atoms with Crippen LogP contribution < -0.4 is 4.90 Å². The van der Waals surface area contributed by atoms with Gasteiger partial charge in [-0.1, -0.05) is 13.0 Å². The van der Waals surface area contributed by atoms with Crippen molar-refractivity contribution in [3.63, 3.8) is 0 Å². The number of anilines is 1. The molecule has 7 nitrogen and oxygen atoms in total. The number of hydrogen-bond donors (Lipinski definition) is 0. The second-order valence-electron chi connectivity index (χ2n) is 8.17. The van der Waals surface area contributed by atoms with E-state index in [9.17, 15) is 9.59 Å². The minimum absolute atomic E-state index is 0.0306. The Labute approximate surface area is 176 Å². The third-order valence-electron chi connectivity index (χ3n) is 5.30. The molecule has 156 valence electrons. The standard InChI is InChI=1S/C23H27N5O2/c1-3-8-27(13-17-4-5-17)23-11-21(24-15-25-23)22(30)10-18-6-7-20-19(9-18)14-28(26-20)12-16(2)29/h6-7,9,11,14-15,17H,3-5,8,10,12-13H2,1-2H3. The first-order valence-corrected chi connectivity index (χ1v) is 10.6. The van der Waals surface area contributed by atoms with Crippen LogP contribution >= 0.6 is 0 Å². The van der Waals surface area contributed by atoms with Gasteiger partial charge in [0.2, 0.25) is 0 Å². The minimum Gasteiger partial charge on any atom is -0.356 e. The van der Waals surface area contributed by atoms with Crippen molar-refractivity contribution in [2.45, 2.75) is 46.1 Å². The lowest BCUT2D eigenvalue weighted by atomic mass is 10.1. The van der Waals surface area contributed by atoms with Crippen molar-refractivity contribution in [1.82, 2.24) is 19.7 Å². The highest BCUT2D eigenvalue weighted by atomic mass is 16.1. The third kappa shape index (κ3) is 4.90. The Hall–Kier alpha value is -3.09. The van der Waals surface area contributed by atoms with E-state index in [2.05, 4.69) is 26.9 Å². The Morgan fingerprint density at radius 3 is 2.77 bits per heavy atom. The number of hydrogen-bond acceptors (Lipinski definition) is 6. The van der Waals surface area contributed by atoms with Gasteiger partial charge in [0.05, 0.1) is 12.1 Å². The van der Waals surface area contributed by atoms with Crippen molar-refractivity contribution < 1.29 is 9.59 Å². The summed E-state index contributed by atoms with van der Waals surface area (Å²) in [5.74, 6) is 1.61. The van der Waals surface area contributed by atoms with E-state index < -0.39 is 0 Å². The topological polar surface area (TPSA) is 81.0 Å². The van der Waals surface area contributed by atoms with Gasteiger partial charge >= 0.3 is 0 Å². The molecule has 30 heavy (non-hydrogen) atoms. The van der Waals surface area contributed by atoms with E-state index in [-0.39, 0.29) is 24.5 Å². The Morgan fingerprint density at radius 1 is 1.20 bits per heavy atom. The molecule has 1 saturated carbocycles. The summed E-state index contributed by atoms with van der Waals surface area (Å²) < 4.78 is 1.64. The number of benzene rings is 1. The fraction of sp³-hybridized carbons (Fsp3) is 0.435. The van der Waals surface area contributed by atoms with Gasteiger partial charge in [-0.25, -0.2) is 9.97 Å². The van der Waals surface area contributed by atoms with Gasteiger partial charge in [0, 0.05) is 37.2 Å². The number of Topliss-reactive ketones (excluding diaryl/α,β-unsaturated/α-hetero) is 2. The molecule has 0 atom stereocenters. The average molecular weight is 406 g/mol. The van der Waals surface area contributed by atoms with E-state index in [1.165, 1.54) is 19.2 Å². The molecule has 1 aliphatic carbocycles. The zero-order valence-electron chi connectivity index (χ0n) is 17.5. The summed E-state index contributed by atoms with van der Waals surface area (Å²) >= 11 is 0. The Morgan fingerprint density at radius 2 is 2.03 bits per heavy atom. The Bertz CT molecular complexity index is 1070. The summed E-state index contributed by atoms with van der Waals surface area (Å²) in [4.78, 5) is 35.1. The molecule has 0 N–H and O–H groups in total. The molecular formula is C23H27N5O2. The molecule has 1 aliphatic rings. The number of aromatic nitrogens is 4. The van der Waals surface area contributed by atoms with Crippen LogP contribution in [0.4, 0.5) is 5.82 Å². The predicted octanol–water partition coefficient (Wildman–Crippen LogP) is 3.47. The number of rotatable bonds is 10. The normalized spacial score (nSPS) is 13.5. The second-order valence-corrected chi connectivity index (χ2v) is 8.17. The van der Waals surface area contributed by atoms with Crippen LogP contribution in [0.2, 0.25) is 0 Å². The first-order valence-electron chi connectivity index (χ1n) is 10.6. The SMILES string of the molecule is CCCN(CC1CC1)c1cc(C(=O)Cc2ccc3nn(CC(C)=O)cc3c2)ncn1. The maximum absolute atomic E-state index is 12.9. The van der Waals surface area contributed by atoms with Gasteiger partial charge in [0.1, 0.15) is 17.8 Å². The second kappa shape index (κ2) is 8.73. The van der Waals surface area contributed by atoms with Crippen LogP contribution in [-0.4, -0.2) is 44.4 Å². The maximum Gasteiger partial charge on any atom is 0.185 e. The quantitative estimate of drug-likeness (QED) is 0.481. The molecule has 2 aromatic heterocycles. The number of carbonyl (C=O) groups excluding carboxylic acids is 2. The molecule has 0 radical (unpaired) electrons. The van der Waals surface area contributed by atoms with Crippen molar-refractivity contribution >= 4 is 28.3 Å². The van der Waals surface area contributed by atoms with Gasteiger partial charge in [-0.15, -0.1) is 0 Å². The first kappa shape index (κ1) is 20.2. The van der Waals surface area contributed by atoms with E-state index >= 15 is 0 Å². The van der Waals surface area contributed by atoms with Crippen LogP contribution in [0.25, 0.3) is 10.9 Å². The van der Waals surface area contributed by atoms with Crippen LogP contribution in [-0.2, 0) is 17.8 Å². The van der Waals surface area contributed by atoms with E-state index in [0.29, 0.717) is 5.69 Å². The van der Waals surface area contributed by atoms with Crippen LogP contribution in [0.15, 0.2) is 36.8 Å². The Kier molecular flexibility index (Phi) is 5.88. The average Bonchev–Trinajstić information content (AvgIpc) is 3.45. The summed E-state index contributed by atoms with van der Waals surface area (Å²) in [5.41, 5.74) is 2.16. The van der Waals surface area contributed by atoms with Crippen molar-refractivity contribution in [2.24, 2.45) is 5.92 Å². The zero-order chi connectivity index (χ0) is 21.1. The molecular weight excluding hydrogens is 378 g/mol. The molecule has 0 saturated heterocycles. The summed E-state index contributed by atoms with van der Waals surface area (Å²) in [6.07, 6.45) is 7.20. The Balaban J connectivity index is 1.49. The molecule has 4 rings (SSSR count). The molecule has 1 aromatic carbocycles. The molecule has 7 heteroatoms. The lowest BCUT2D eigenvalue weighted by Crippen LogP contribution is -2.27. The lowest BCUT2D eigenvalue weighted by Gasteiger charge is -2.23. The largest absolute Gasteiger partial charge is 0.356 e. The van der Waals surface area contributed by atoms with E-state index in [1.807, 2.05) is 30.5 Å².